The van der Waals surface area contributed by atoms with Crippen LogP contribution in [0.1, 0.15) is 16.8 Å². The van der Waals surface area contributed by atoms with Crippen LogP contribution in [-0.2, 0) is 9.47 Å². The highest BCUT2D eigenvalue weighted by molar-refractivity contribution is 6.07. The maximum absolute atomic E-state index is 11.9. The van der Waals surface area contributed by atoms with Gasteiger partial charge in [0.15, 0.2) is 0 Å². The van der Waals surface area contributed by atoms with E-state index >= 15 is 0 Å². The number of hydrogen-bond donors (Lipinski definition) is 1. The molecule has 1 saturated heterocycles. The predicted molar refractivity (Wildman–Crippen MR) is 93.4 cm³/mol. The van der Waals surface area contributed by atoms with E-state index in [1.54, 1.807) is 6.20 Å². The number of rotatable bonds is 6. The molecule has 0 amide bonds. The highest BCUT2D eigenvalue weighted by Crippen LogP contribution is 2.24. The number of fused-ring (bicyclic) bond motifs is 1. The minimum Gasteiger partial charge on any atom is -0.465 e. The molecule has 0 bridgehead atoms. The van der Waals surface area contributed by atoms with Crippen LogP contribution in [0.4, 0.5) is 5.82 Å². The van der Waals surface area contributed by atoms with E-state index < -0.39 is 0 Å². The van der Waals surface area contributed by atoms with Gasteiger partial charge in [-0.25, -0.2) is 9.78 Å². The van der Waals surface area contributed by atoms with Crippen molar-refractivity contribution in [3.05, 3.63) is 36.0 Å². The number of hydrogen-bond acceptors (Lipinski definition) is 6. The van der Waals surface area contributed by atoms with Gasteiger partial charge in [0.25, 0.3) is 0 Å². The molecule has 1 fully saturated rings. The summed E-state index contributed by atoms with van der Waals surface area (Å²) in [5, 5.41) is 5.18. The van der Waals surface area contributed by atoms with Gasteiger partial charge in [-0.05, 0) is 13.0 Å². The van der Waals surface area contributed by atoms with E-state index in [1.807, 2.05) is 24.3 Å². The molecular formula is C18H23N3O3. The molecule has 1 aliphatic heterocycles. The van der Waals surface area contributed by atoms with E-state index in [0.29, 0.717) is 5.56 Å². The molecule has 1 aromatic carbocycles. The quantitative estimate of drug-likeness (QED) is 0.647. The number of esters is 1. The van der Waals surface area contributed by atoms with Crippen molar-refractivity contribution in [3.8, 4) is 0 Å². The highest BCUT2D eigenvalue weighted by atomic mass is 16.5. The SMILES string of the molecule is COC(=O)c1cnc(NCCCN2CCOCC2)c2ccccc12. The first-order valence-corrected chi connectivity index (χ1v) is 8.29. The summed E-state index contributed by atoms with van der Waals surface area (Å²) < 4.78 is 10.2. The zero-order chi connectivity index (χ0) is 16.8. The van der Waals surface area contributed by atoms with Gasteiger partial charge in [-0.15, -0.1) is 0 Å². The second-order valence-electron chi connectivity index (χ2n) is 5.79. The van der Waals surface area contributed by atoms with Crippen LogP contribution in [0.3, 0.4) is 0 Å². The maximum atomic E-state index is 11.9. The Morgan fingerprint density at radius 3 is 2.79 bits per heavy atom. The van der Waals surface area contributed by atoms with Crippen LogP contribution >= 0.6 is 0 Å². The van der Waals surface area contributed by atoms with Crippen molar-refractivity contribution in [3.63, 3.8) is 0 Å². The molecule has 128 valence electrons. The molecule has 2 aromatic rings. The summed E-state index contributed by atoms with van der Waals surface area (Å²) in [6.07, 6.45) is 2.62. The lowest BCUT2D eigenvalue weighted by Crippen LogP contribution is -2.37. The van der Waals surface area contributed by atoms with Gasteiger partial charge in [0, 0.05) is 36.6 Å². The van der Waals surface area contributed by atoms with Crippen LogP contribution < -0.4 is 5.32 Å². The minimum absolute atomic E-state index is 0.363. The Morgan fingerprint density at radius 1 is 1.29 bits per heavy atom. The Labute approximate surface area is 141 Å². The molecule has 1 aromatic heterocycles. The topological polar surface area (TPSA) is 63.7 Å². The van der Waals surface area contributed by atoms with Crippen LogP contribution in [0.5, 0.6) is 0 Å². The lowest BCUT2D eigenvalue weighted by molar-refractivity contribution is 0.0378. The number of nitrogens with zero attached hydrogens (tertiary/aromatic N) is 2. The molecule has 3 rings (SSSR count). The molecule has 0 aliphatic carbocycles. The molecule has 1 aliphatic rings. The summed E-state index contributed by atoms with van der Waals surface area (Å²) in [5.74, 6) is 0.442. The number of aromatic nitrogens is 1. The molecule has 0 spiro atoms. The van der Waals surface area contributed by atoms with Crippen LogP contribution in [-0.4, -0.2) is 62.4 Å². The average molecular weight is 329 g/mol. The fourth-order valence-electron chi connectivity index (χ4n) is 2.94. The summed E-state index contributed by atoms with van der Waals surface area (Å²) in [4.78, 5) is 18.7. The van der Waals surface area contributed by atoms with Crippen LogP contribution in [0, 0.1) is 0 Å². The number of anilines is 1. The van der Waals surface area contributed by atoms with Crippen molar-refractivity contribution in [2.75, 3.05) is 51.8 Å². The highest BCUT2D eigenvalue weighted by Gasteiger charge is 2.14. The number of methoxy groups -OCH3 is 1. The first-order valence-electron chi connectivity index (χ1n) is 8.29. The van der Waals surface area contributed by atoms with E-state index in [-0.39, 0.29) is 5.97 Å². The molecule has 2 heterocycles. The molecule has 24 heavy (non-hydrogen) atoms. The molecule has 0 unspecified atom stereocenters. The van der Waals surface area contributed by atoms with Gasteiger partial charge in [-0.2, -0.15) is 0 Å². The van der Waals surface area contributed by atoms with E-state index in [4.69, 9.17) is 9.47 Å². The van der Waals surface area contributed by atoms with Gasteiger partial charge in [0.05, 0.1) is 25.9 Å². The standard InChI is InChI=1S/C18H23N3O3/c1-23-18(22)16-13-20-17(15-6-3-2-5-14(15)16)19-7-4-8-21-9-11-24-12-10-21/h2-3,5-6,13H,4,7-12H2,1H3,(H,19,20). The normalized spacial score (nSPS) is 15.4. The molecule has 0 atom stereocenters. The smallest absolute Gasteiger partial charge is 0.340 e. The fraction of sp³-hybridized carbons (Fsp3) is 0.444. The maximum Gasteiger partial charge on any atom is 0.340 e. The fourth-order valence-corrected chi connectivity index (χ4v) is 2.94. The van der Waals surface area contributed by atoms with Gasteiger partial charge in [-0.3, -0.25) is 4.90 Å². The van der Waals surface area contributed by atoms with E-state index in [0.717, 1.165) is 62.4 Å². The summed E-state index contributed by atoms with van der Waals surface area (Å²) in [5.41, 5.74) is 0.493. The Morgan fingerprint density at radius 2 is 2.04 bits per heavy atom. The van der Waals surface area contributed by atoms with Crippen LogP contribution in [0.25, 0.3) is 10.8 Å². The van der Waals surface area contributed by atoms with Gasteiger partial charge in [-0.1, -0.05) is 24.3 Å². The zero-order valence-corrected chi connectivity index (χ0v) is 14.0. The molecule has 0 radical (unpaired) electrons. The minimum atomic E-state index is -0.363. The van der Waals surface area contributed by atoms with E-state index in [2.05, 4.69) is 15.2 Å². The molecule has 1 N–H and O–H groups in total. The molecular weight excluding hydrogens is 306 g/mol. The number of carbonyl (C=O) groups is 1. The van der Waals surface area contributed by atoms with Crippen LogP contribution in [0.2, 0.25) is 0 Å². The first-order chi connectivity index (χ1) is 11.8. The van der Waals surface area contributed by atoms with Crippen molar-refractivity contribution in [1.82, 2.24) is 9.88 Å². The largest absolute Gasteiger partial charge is 0.465 e. The molecule has 6 heteroatoms. The summed E-state index contributed by atoms with van der Waals surface area (Å²) in [7, 11) is 1.38. The Balaban J connectivity index is 1.65. The third kappa shape index (κ3) is 3.83. The number of pyridine rings is 1. The number of ether oxygens (including phenoxy) is 2. The Hall–Kier alpha value is -2.18. The van der Waals surface area contributed by atoms with E-state index in [1.165, 1.54) is 7.11 Å². The monoisotopic (exact) mass is 329 g/mol. The third-order valence-corrected chi connectivity index (χ3v) is 4.25. The van der Waals surface area contributed by atoms with Crippen LogP contribution in [0.15, 0.2) is 30.5 Å². The van der Waals surface area contributed by atoms with Gasteiger partial charge < -0.3 is 14.8 Å². The van der Waals surface area contributed by atoms with Crippen molar-refractivity contribution >= 4 is 22.6 Å². The van der Waals surface area contributed by atoms with Gasteiger partial charge in [0.2, 0.25) is 0 Å². The van der Waals surface area contributed by atoms with Gasteiger partial charge >= 0.3 is 5.97 Å². The molecule has 6 nitrogen and oxygen atoms in total. The zero-order valence-electron chi connectivity index (χ0n) is 14.0. The first kappa shape index (κ1) is 16.7. The number of morpholine rings is 1. The third-order valence-electron chi connectivity index (χ3n) is 4.25. The molecule has 0 saturated carbocycles. The summed E-state index contributed by atoms with van der Waals surface area (Å²) in [6.45, 7) is 5.56. The Bertz CT molecular complexity index is 699. The lowest BCUT2D eigenvalue weighted by Gasteiger charge is -2.26. The predicted octanol–water partition coefficient (Wildman–Crippen LogP) is 2.16. The van der Waals surface area contributed by atoms with Crippen molar-refractivity contribution < 1.29 is 14.3 Å². The number of nitrogens with one attached hydrogen (secondary N) is 1. The summed E-state index contributed by atoms with van der Waals surface area (Å²) in [6, 6.07) is 7.75. The van der Waals surface area contributed by atoms with Crippen molar-refractivity contribution in [2.24, 2.45) is 0 Å². The second-order valence-corrected chi connectivity index (χ2v) is 5.79. The number of carbonyl (C=O) groups excluding carboxylic acids is 1. The summed E-state index contributed by atoms with van der Waals surface area (Å²) >= 11 is 0. The average Bonchev–Trinajstić information content (AvgIpc) is 2.65. The second kappa shape index (κ2) is 8.08. The van der Waals surface area contributed by atoms with Gasteiger partial charge in [0.1, 0.15) is 5.82 Å². The number of benzene rings is 1. The van der Waals surface area contributed by atoms with Crippen molar-refractivity contribution in [1.29, 1.82) is 0 Å². The van der Waals surface area contributed by atoms with E-state index in [9.17, 15) is 4.79 Å². The van der Waals surface area contributed by atoms with Crippen molar-refractivity contribution in [2.45, 2.75) is 6.42 Å². The lowest BCUT2D eigenvalue weighted by atomic mass is 10.1. The Kier molecular flexibility index (Phi) is 5.61.